The summed E-state index contributed by atoms with van der Waals surface area (Å²) in [6, 6.07) is 15.2. The summed E-state index contributed by atoms with van der Waals surface area (Å²) in [4.78, 5) is 4.83. The second-order valence-corrected chi connectivity index (χ2v) is 7.93. The molecule has 0 aromatic heterocycles. The average Bonchev–Trinajstić information content (AvgIpc) is 2.74. The minimum Gasteiger partial charge on any atom is -0.508 e. The topological polar surface area (TPSA) is 46.9 Å². The van der Waals surface area contributed by atoms with Gasteiger partial charge in [0.15, 0.2) is 0 Å². The summed E-state index contributed by atoms with van der Waals surface area (Å²) in [6.07, 6.45) is 7.91. The Balaban J connectivity index is 0.000000200. The van der Waals surface area contributed by atoms with E-state index < -0.39 is 0 Å². The summed E-state index contributed by atoms with van der Waals surface area (Å²) in [5.74, 6) is 0.858. The van der Waals surface area contributed by atoms with Crippen molar-refractivity contribution < 1.29 is 27.3 Å². The largest absolute Gasteiger partial charge is 0.508 e. The van der Waals surface area contributed by atoms with Crippen LogP contribution >= 0.6 is 0 Å². The number of hydrogen-bond donors (Lipinski definition) is 2. The number of phenols is 2. The monoisotopic (exact) mass is 445 g/mol. The zero-order valence-corrected chi connectivity index (χ0v) is 18.1. The van der Waals surface area contributed by atoms with Crippen LogP contribution < -0.4 is 0 Å². The summed E-state index contributed by atoms with van der Waals surface area (Å²) in [7, 11) is 0. The number of piperidine rings is 2. The quantitative estimate of drug-likeness (QED) is 0.666. The van der Waals surface area contributed by atoms with Crippen LogP contribution in [0, 0.1) is 0 Å². The van der Waals surface area contributed by atoms with Crippen molar-refractivity contribution in [2.24, 2.45) is 0 Å². The molecule has 2 saturated heterocycles. The van der Waals surface area contributed by atoms with Crippen LogP contribution in [-0.2, 0) is 30.2 Å². The Morgan fingerprint density at radius 1 is 0.552 bits per heavy atom. The van der Waals surface area contributed by atoms with Crippen molar-refractivity contribution in [2.45, 2.75) is 51.6 Å². The maximum Gasteiger partial charge on any atom is 0.120 e. The molecule has 2 aliphatic heterocycles. The SMILES string of the molecule is Oc1ccccc1CN1CCCCC1.Oc1ccccc1CN1CCCCC1.[Cu]. The van der Waals surface area contributed by atoms with Gasteiger partial charge in [0.2, 0.25) is 0 Å². The Kier molecular flexibility index (Phi) is 10.6. The molecule has 4 rings (SSSR count). The van der Waals surface area contributed by atoms with Gasteiger partial charge in [0.05, 0.1) is 0 Å². The smallest absolute Gasteiger partial charge is 0.120 e. The first-order chi connectivity index (χ1) is 13.7. The number of aromatic hydroxyl groups is 2. The molecule has 2 aliphatic rings. The fourth-order valence-corrected chi connectivity index (χ4v) is 4.01. The van der Waals surface area contributed by atoms with Gasteiger partial charge < -0.3 is 10.2 Å². The van der Waals surface area contributed by atoms with Crippen LogP contribution in [-0.4, -0.2) is 46.2 Å². The van der Waals surface area contributed by atoms with Crippen molar-refractivity contribution in [3.8, 4) is 11.5 Å². The van der Waals surface area contributed by atoms with E-state index >= 15 is 0 Å². The summed E-state index contributed by atoms with van der Waals surface area (Å²) >= 11 is 0. The number of hydrogen-bond acceptors (Lipinski definition) is 4. The molecule has 0 bridgehead atoms. The Hall–Kier alpha value is -1.52. The number of para-hydroxylation sites is 2. The van der Waals surface area contributed by atoms with Gasteiger partial charge >= 0.3 is 0 Å². The zero-order chi connectivity index (χ0) is 19.6. The van der Waals surface area contributed by atoms with E-state index in [0.29, 0.717) is 11.5 Å². The van der Waals surface area contributed by atoms with Gasteiger partial charge in [-0.2, -0.15) is 0 Å². The molecule has 2 heterocycles. The molecule has 0 unspecified atom stereocenters. The molecule has 2 aromatic carbocycles. The van der Waals surface area contributed by atoms with Gasteiger partial charge in [-0.25, -0.2) is 0 Å². The first-order valence-corrected chi connectivity index (χ1v) is 10.7. The van der Waals surface area contributed by atoms with Crippen molar-refractivity contribution in [1.29, 1.82) is 0 Å². The normalized spacial score (nSPS) is 17.7. The third kappa shape index (κ3) is 8.02. The molecule has 1 radical (unpaired) electrons. The minimum atomic E-state index is 0. The zero-order valence-electron chi connectivity index (χ0n) is 17.2. The fourth-order valence-electron chi connectivity index (χ4n) is 4.01. The van der Waals surface area contributed by atoms with Crippen molar-refractivity contribution in [3.63, 3.8) is 0 Å². The average molecular weight is 446 g/mol. The molecule has 5 heteroatoms. The first kappa shape index (κ1) is 23.8. The molecule has 2 aromatic rings. The Bertz CT molecular complexity index is 652. The number of benzene rings is 2. The van der Waals surface area contributed by atoms with Gasteiger partial charge in [0.1, 0.15) is 11.5 Å². The maximum atomic E-state index is 9.61. The Morgan fingerprint density at radius 2 is 0.897 bits per heavy atom. The summed E-state index contributed by atoms with van der Waals surface area (Å²) < 4.78 is 0. The van der Waals surface area contributed by atoms with Gasteiger partial charge in [0.25, 0.3) is 0 Å². The van der Waals surface area contributed by atoms with E-state index in [1.165, 1.54) is 64.7 Å². The molecular formula is C24H34CuN2O2. The second kappa shape index (κ2) is 12.9. The third-order valence-corrected chi connectivity index (χ3v) is 5.67. The van der Waals surface area contributed by atoms with Crippen LogP contribution in [0.3, 0.4) is 0 Å². The number of rotatable bonds is 4. The summed E-state index contributed by atoms with van der Waals surface area (Å²) in [5, 5.41) is 19.2. The predicted octanol–water partition coefficient (Wildman–Crippen LogP) is 4.75. The molecular weight excluding hydrogens is 412 g/mol. The molecule has 0 saturated carbocycles. The van der Waals surface area contributed by atoms with E-state index in [1.54, 1.807) is 12.1 Å². The predicted molar refractivity (Wildman–Crippen MR) is 114 cm³/mol. The van der Waals surface area contributed by atoms with Crippen LogP contribution in [0.15, 0.2) is 48.5 Å². The van der Waals surface area contributed by atoms with Crippen LogP contribution in [0.2, 0.25) is 0 Å². The van der Waals surface area contributed by atoms with Crippen molar-refractivity contribution in [2.75, 3.05) is 26.2 Å². The van der Waals surface area contributed by atoms with E-state index in [9.17, 15) is 10.2 Å². The number of nitrogens with zero attached hydrogens (tertiary/aromatic N) is 2. The molecule has 0 spiro atoms. The van der Waals surface area contributed by atoms with E-state index in [4.69, 9.17) is 0 Å². The number of phenolic OH excluding ortho intramolecular Hbond substituents is 2. The van der Waals surface area contributed by atoms with Gasteiger partial charge in [-0.3, -0.25) is 9.80 Å². The molecule has 2 N–H and O–H groups in total. The molecule has 0 atom stereocenters. The first-order valence-electron chi connectivity index (χ1n) is 10.7. The van der Waals surface area contributed by atoms with E-state index in [2.05, 4.69) is 9.80 Å². The summed E-state index contributed by atoms with van der Waals surface area (Å²) in [6.45, 7) is 6.49. The van der Waals surface area contributed by atoms with Crippen LogP contribution in [0.5, 0.6) is 11.5 Å². The van der Waals surface area contributed by atoms with Gasteiger partial charge in [-0.15, -0.1) is 0 Å². The fraction of sp³-hybridized carbons (Fsp3) is 0.500. The van der Waals surface area contributed by atoms with Crippen molar-refractivity contribution in [1.82, 2.24) is 9.80 Å². The van der Waals surface area contributed by atoms with Crippen LogP contribution in [0.1, 0.15) is 49.7 Å². The molecule has 29 heavy (non-hydrogen) atoms. The van der Waals surface area contributed by atoms with E-state index in [0.717, 1.165) is 24.2 Å². The van der Waals surface area contributed by atoms with Crippen LogP contribution in [0.25, 0.3) is 0 Å². The van der Waals surface area contributed by atoms with Crippen LogP contribution in [0.4, 0.5) is 0 Å². The maximum absolute atomic E-state index is 9.61. The molecule has 4 nitrogen and oxygen atoms in total. The molecule has 0 amide bonds. The standard InChI is InChI=1S/2C12H17NO.Cu/c2*14-12-7-3-2-6-11(12)10-13-8-4-1-5-9-13;/h2*2-3,6-7,14H,1,4-5,8-10H2;. The van der Waals surface area contributed by atoms with Gasteiger partial charge in [0, 0.05) is 41.3 Å². The van der Waals surface area contributed by atoms with Crippen molar-refractivity contribution >= 4 is 0 Å². The van der Waals surface area contributed by atoms with Gasteiger partial charge in [-0.1, -0.05) is 49.2 Å². The number of likely N-dealkylation sites (tertiary alicyclic amines) is 2. The minimum absolute atomic E-state index is 0. The second-order valence-electron chi connectivity index (χ2n) is 7.93. The molecule has 2 fully saturated rings. The third-order valence-electron chi connectivity index (χ3n) is 5.67. The Labute approximate surface area is 186 Å². The van der Waals surface area contributed by atoms with E-state index in [-0.39, 0.29) is 17.1 Å². The van der Waals surface area contributed by atoms with E-state index in [1.807, 2.05) is 36.4 Å². The molecule has 0 aliphatic carbocycles. The van der Waals surface area contributed by atoms with Gasteiger partial charge in [-0.05, 0) is 64.0 Å². The summed E-state index contributed by atoms with van der Waals surface area (Å²) in [5.41, 5.74) is 2.10. The Morgan fingerprint density at radius 3 is 1.24 bits per heavy atom. The van der Waals surface area contributed by atoms with Crippen molar-refractivity contribution in [3.05, 3.63) is 59.7 Å². The molecule has 163 valence electrons.